The zero-order valence-electron chi connectivity index (χ0n) is 13.4. The summed E-state index contributed by atoms with van der Waals surface area (Å²) in [5.41, 5.74) is -0.521. The molecule has 0 radical (unpaired) electrons. The predicted molar refractivity (Wildman–Crippen MR) is 84.5 cm³/mol. The summed E-state index contributed by atoms with van der Waals surface area (Å²) in [6.45, 7) is 4.56. The van der Waals surface area contributed by atoms with E-state index in [2.05, 4.69) is 10.1 Å². The molecule has 0 unspecified atom stereocenters. The largest absolute Gasteiger partial charge is 0.455 e. The van der Waals surface area contributed by atoms with Gasteiger partial charge < -0.3 is 10.1 Å². The van der Waals surface area contributed by atoms with Crippen molar-refractivity contribution in [1.82, 2.24) is 10.6 Å². The van der Waals surface area contributed by atoms with Gasteiger partial charge >= 0.3 is 12.0 Å². The third-order valence-corrected chi connectivity index (χ3v) is 3.35. The van der Waals surface area contributed by atoms with E-state index in [1.54, 1.807) is 20.8 Å². The minimum atomic E-state index is -0.799. The Bertz CT molecular complexity index is 632. The molecule has 0 aliphatic heterocycles. The molecule has 0 atom stereocenters. The lowest BCUT2D eigenvalue weighted by Crippen LogP contribution is -2.49. The molecule has 0 fully saturated rings. The van der Waals surface area contributed by atoms with Crippen LogP contribution in [0, 0.1) is 11.6 Å². The van der Waals surface area contributed by atoms with E-state index < -0.39 is 41.7 Å². The van der Waals surface area contributed by atoms with Gasteiger partial charge in [0.15, 0.2) is 6.61 Å². The maximum Gasteiger partial charge on any atom is 0.321 e. The maximum absolute atomic E-state index is 13.4. The lowest BCUT2D eigenvalue weighted by molar-refractivity contribution is -0.145. The Kier molecular flexibility index (Phi) is 7.15. The third kappa shape index (κ3) is 7.91. The minimum Gasteiger partial charge on any atom is -0.455 e. The number of esters is 1. The summed E-state index contributed by atoms with van der Waals surface area (Å²) in [6, 6.07) is 2.16. The second-order valence-electron chi connectivity index (χ2n) is 5.78. The first-order valence-corrected chi connectivity index (χ1v) is 7.91. The highest BCUT2D eigenvalue weighted by Crippen LogP contribution is 2.22. The van der Waals surface area contributed by atoms with Crippen LogP contribution in [0.25, 0.3) is 0 Å². The SMILES string of the molecule is CC(C)(C)NC(=O)NC(=O)COC(=O)CSc1cc(F)ccc1F. The van der Waals surface area contributed by atoms with Crippen LogP contribution in [-0.4, -0.2) is 35.8 Å². The molecule has 1 rings (SSSR count). The van der Waals surface area contributed by atoms with Crippen molar-refractivity contribution >= 4 is 29.7 Å². The Hall–Kier alpha value is -2.16. The standard InChI is InChI=1S/C15H18F2N2O4S/c1-15(2,3)19-14(22)18-12(20)7-23-13(21)8-24-11-6-9(16)4-5-10(11)17/h4-6H,7-8H2,1-3H3,(H2,18,19,20,22). The van der Waals surface area contributed by atoms with Gasteiger partial charge in [-0.2, -0.15) is 0 Å². The van der Waals surface area contributed by atoms with Gasteiger partial charge in [-0.1, -0.05) is 0 Å². The van der Waals surface area contributed by atoms with Crippen LogP contribution in [0.5, 0.6) is 0 Å². The zero-order chi connectivity index (χ0) is 18.3. The molecule has 2 N–H and O–H groups in total. The average molecular weight is 360 g/mol. The van der Waals surface area contributed by atoms with E-state index in [0.717, 1.165) is 30.0 Å². The van der Waals surface area contributed by atoms with Gasteiger partial charge in [0.1, 0.15) is 11.6 Å². The number of hydrogen-bond acceptors (Lipinski definition) is 5. The molecule has 24 heavy (non-hydrogen) atoms. The van der Waals surface area contributed by atoms with Crippen LogP contribution in [0.15, 0.2) is 23.1 Å². The van der Waals surface area contributed by atoms with Crippen molar-refractivity contribution < 1.29 is 27.9 Å². The number of ether oxygens (including phenoxy) is 1. The van der Waals surface area contributed by atoms with Crippen molar-refractivity contribution in [2.45, 2.75) is 31.2 Å². The molecule has 0 aliphatic carbocycles. The number of nitrogens with one attached hydrogen (secondary N) is 2. The second kappa shape index (κ2) is 8.62. The quantitative estimate of drug-likeness (QED) is 0.621. The number of benzene rings is 1. The van der Waals surface area contributed by atoms with Crippen molar-refractivity contribution in [2.75, 3.05) is 12.4 Å². The number of rotatable bonds is 5. The number of carbonyl (C=O) groups excluding carboxylic acids is 3. The topological polar surface area (TPSA) is 84.5 Å². The van der Waals surface area contributed by atoms with Crippen molar-refractivity contribution in [3.05, 3.63) is 29.8 Å². The smallest absolute Gasteiger partial charge is 0.321 e. The normalized spacial score (nSPS) is 10.9. The highest BCUT2D eigenvalue weighted by molar-refractivity contribution is 8.00. The number of imide groups is 1. The monoisotopic (exact) mass is 360 g/mol. The van der Waals surface area contributed by atoms with E-state index in [9.17, 15) is 23.2 Å². The van der Waals surface area contributed by atoms with Crippen LogP contribution in [0.2, 0.25) is 0 Å². The molecule has 0 aliphatic rings. The van der Waals surface area contributed by atoms with E-state index in [4.69, 9.17) is 0 Å². The molecule has 1 aromatic rings. The first-order chi connectivity index (χ1) is 11.1. The molecular weight excluding hydrogens is 342 g/mol. The van der Waals surface area contributed by atoms with E-state index >= 15 is 0 Å². The fourth-order valence-corrected chi connectivity index (χ4v) is 2.21. The van der Waals surface area contributed by atoms with Crippen LogP contribution in [0.1, 0.15) is 20.8 Å². The maximum atomic E-state index is 13.4. The van der Waals surface area contributed by atoms with E-state index in [-0.39, 0.29) is 10.6 Å². The van der Waals surface area contributed by atoms with Gasteiger partial charge in [-0.05, 0) is 39.0 Å². The zero-order valence-corrected chi connectivity index (χ0v) is 14.3. The Morgan fingerprint density at radius 3 is 2.50 bits per heavy atom. The highest BCUT2D eigenvalue weighted by Gasteiger charge is 2.17. The molecule has 1 aromatic carbocycles. The molecule has 0 spiro atoms. The highest BCUT2D eigenvalue weighted by atomic mass is 32.2. The van der Waals surface area contributed by atoms with Crippen LogP contribution in [0.3, 0.4) is 0 Å². The fraction of sp³-hybridized carbons (Fsp3) is 0.400. The predicted octanol–water partition coefficient (Wildman–Crippen LogP) is 2.22. The van der Waals surface area contributed by atoms with Crippen LogP contribution < -0.4 is 10.6 Å². The van der Waals surface area contributed by atoms with Crippen LogP contribution in [0.4, 0.5) is 13.6 Å². The molecular formula is C15H18F2N2O4S. The number of carbonyl (C=O) groups is 3. The van der Waals surface area contributed by atoms with E-state index in [1.165, 1.54) is 0 Å². The number of amides is 3. The molecule has 0 bridgehead atoms. The first-order valence-electron chi connectivity index (χ1n) is 6.92. The lowest BCUT2D eigenvalue weighted by atomic mass is 10.1. The van der Waals surface area contributed by atoms with E-state index in [1.807, 2.05) is 5.32 Å². The summed E-state index contributed by atoms with van der Waals surface area (Å²) in [4.78, 5) is 34.3. The molecule has 132 valence electrons. The summed E-state index contributed by atoms with van der Waals surface area (Å²) in [6.07, 6.45) is 0. The van der Waals surface area contributed by atoms with Gasteiger partial charge in [-0.3, -0.25) is 14.9 Å². The second-order valence-corrected chi connectivity index (χ2v) is 6.79. The molecule has 9 heteroatoms. The van der Waals surface area contributed by atoms with Crippen LogP contribution >= 0.6 is 11.8 Å². The van der Waals surface area contributed by atoms with Gasteiger partial charge in [-0.25, -0.2) is 13.6 Å². The molecule has 0 heterocycles. The van der Waals surface area contributed by atoms with Crippen LogP contribution in [-0.2, 0) is 14.3 Å². The number of halogens is 2. The number of urea groups is 1. The molecule has 0 saturated carbocycles. The summed E-state index contributed by atoms with van der Waals surface area (Å²) < 4.78 is 31.0. The van der Waals surface area contributed by atoms with Gasteiger partial charge in [0.25, 0.3) is 5.91 Å². The lowest BCUT2D eigenvalue weighted by Gasteiger charge is -2.20. The number of hydrogen-bond donors (Lipinski definition) is 2. The van der Waals surface area contributed by atoms with Gasteiger partial charge in [-0.15, -0.1) is 11.8 Å². The van der Waals surface area contributed by atoms with Gasteiger partial charge in [0, 0.05) is 10.4 Å². The Balaban J connectivity index is 2.34. The molecule has 3 amide bonds. The molecule has 6 nitrogen and oxygen atoms in total. The Morgan fingerprint density at radius 2 is 1.88 bits per heavy atom. The van der Waals surface area contributed by atoms with Crippen molar-refractivity contribution in [1.29, 1.82) is 0 Å². The van der Waals surface area contributed by atoms with Gasteiger partial charge in [0.05, 0.1) is 5.75 Å². The summed E-state index contributed by atoms with van der Waals surface area (Å²) in [7, 11) is 0. The minimum absolute atomic E-state index is 0.0408. The summed E-state index contributed by atoms with van der Waals surface area (Å²) in [5.74, 6) is -3.19. The summed E-state index contributed by atoms with van der Waals surface area (Å²) in [5, 5.41) is 4.50. The van der Waals surface area contributed by atoms with Crippen molar-refractivity contribution in [3.63, 3.8) is 0 Å². The molecule has 0 aromatic heterocycles. The van der Waals surface area contributed by atoms with Gasteiger partial charge in [0.2, 0.25) is 0 Å². The first kappa shape index (κ1) is 19.9. The Morgan fingerprint density at radius 1 is 1.21 bits per heavy atom. The fourth-order valence-electron chi connectivity index (χ4n) is 1.45. The van der Waals surface area contributed by atoms with Crippen molar-refractivity contribution in [2.24, 2.45) is 0 Å². The van der Waals surface area contributed by atoms with Crippen molar-refractivity contribution in [3.8, 4) is 0 Å². The number of thioether (sulfide) groups is 1. The molecule has 0 saturated heterocycles. The van der Waals surface area contributed by atoms with E-state index in [0.29, 0.717) is 0 Å². The average Bonchev–Trinajstić information content (AvgIpc) is 2.44. The third-order valence-electron chi connectivity index (χ3n) is 2.34. The summed E-state index contributed by atoms with van der Waals surface area (Å²) >= 11 is 0.742. The Labute approximate surface area is 142 Å².